The van der Waals surface area contributed by atoms with Crippen molar-refractivity contribution in [3.63, 3.8) is 0 Å². The second kappa shape index (κ2) is 10.9. The average molecular weight is 222 g/mol. The Labute approximate surface area is 88.2 Å². The van der Waals surface area contributed by atoms with Crippen molar-refractivity contribution >= 4 is 11.9 Å². The van der Waals surface area contributed by atoms with E-state index >= 15 is 0 Å². The Morgan fingerprint density at radius 2 is 1.53 bits per heavy atom. The van der Waals surface area contributed by atoms with Gasteiger partial charge in [-0.15, -0.1) is 0 Å². The normalized spacial score (nSPS) is 9.33. The molecule has 0 radical (unpaired) electrons. The second-order valence-electron chi connectivity index (χ2n) is 2.97. The molecule has 0 unspecified atom stereocenters. The van der Waals surface area contributed by atoms with Gasteiger partial charge in [-0.05, 0) is 6.42 Å². The van der Waals surface area contributed by atoms with Crippen molar-refractivity contribution in [1.82, 2.24) is 0 Å². The van der Waals surface area contributed by atoms with Crippen LogP contribution in [0.2, 0.25) is 0 Å². The first-order valence-electron chi connectivity index (χ1n) is 4.63. The van der Waals surface area contributed by atoms with E-state index in [1.807, 2.05) is 6.92 Å². The number of hydrogen-bond donors (Lipinski definition) is 4. The maximum atomic E-state index is 9.91. The molecule has 0 aromatic heterocycles. The van der Waals surface area contributed by atoms with E-state index in [9.17, 15) is 9.59 Å². The molecule has 0 bridgehead atoms. The maximum absolute atomic E-state index is 9.91. The van der Waals surface area contributed by atoms with E-state index in [1.54, 1.807) is 0 Å². The summed E-state index contributed by atoms with van der Waals surface area (Å²) in [7, 11) is 0. The minimum atomic E-state index is -0.997. The van der Waals surface area contributed by atoms with E-state index in [-0.39, 0.29) is 19.6 Å². The Hall–Kier alpha value is -1.14. The van der Waals surface area contributed by atoms with Crippen molar-refractivity contribution in [1.29, 1.82) is 0 Å². The Bertz CT molecular complexity index is 175. The van der Waals surface area contributed by atoms with Crippen LogP contribution in [-0.4, -0.2) is 45.6 Å². The summed E-state index contributed by atoms with van der Waals surface area (Å²) in [5.74, 6) is -2.22. The van der Waals surface area contributed by atoms with Gasteiger partial charge < -0.3 is 20.4 Å². The van der Waals surface area contributed by atoms with Crippen molar-refractivity contribution in [2.75, 3.05) is 13.2 Å². The van der Waals surface area contributed by atoms with E-state index in [4.69, 9.17) is 20.4 Å². The highest BCUT2D eigenvalue weighted by Crippen LogP contribution is 1.98. The summed E-state index contributed by atoms with van der Waals surface area (Å²) in [4.78, 5) is 19.5. The zero-order chi connectivity index (χ0) is 12.3. The van der Waals surface area contributed by atoms with E-state index in [0.29, 0.717) is 6.42 Å². The second-order valence-corrected chi connectivity index (χ2v) is 2.97. The summed E-state index contributed by atoms with van der Waals surface area (Å²) in [5.41, 5.74) is 0. The van der Waals surface area contributed by atoms with Gasteiger partial charge in [-0.25, -0.2) is 0 Å². The van der Waals surface area contributed by atoms with E-state index in [1.165, 1.54) is 0 Å². The fourth-order valence-corrected chi connectivity index (χ4v) is 0.648. The maximum Gasteiger partial charge on any atom is 0.303 e. The van der Waals surface area contributed by atoms with Gasteiger partial charge in [-0.2, -0.15) is 0 Å². The lowest BCUT2D eigenvalue weighted by atomic mass is 10.1. The fraction of sp³-hybridized carbons (Fsp3) is 0.778. The van der Waals surface area contributed by atoms with E-state index in [0.717, 1.165) is 6.42 Å². The average Bonchev–Trinajstić information content (AvgIpc) is 2.14. The molecule has 0 saturated heterocycles. The molecule has 6 nitrogen and oxygen atoms in total. The van der Waals surface area contributed by atoms with E-state index in [2.05, 4.69) is 0 Å². The van der Waals surface area contributed by atoms with Gasteiger partial charge in [0.25, 0.3) is 0 Å². The molecule has 0 heterocycles. The number of carboxylic acids is 2. The molecule has 6 heteroatoms. The molecule has 0 fully saturated rings. The third-order valence-corrected chi connectivity index (χ3v) is 1.44. The molecular weight excluding hydrogens is 204 g/mol. The van der Waals surface area contributed by atoms with Crippen LogP contribution < -0.4 is 0 Å². The van der Waals surface area contributed by atoms with Gasteiger partial charge in [0, 0.05) is 25.6 Å². The highest BCUT2D eigenvalue weighted by atomic mass is 16.4. The Kier molecular flexibility index (Phi) is 11.9. The molecule has 0 aromatic carbocycles. The van der Waals surface area contributed by atoms with Gasteiger partial charge in [0.05, 0.1) is 6.42 Å². The van der Waals surface area contributed by atoms with Gasteiger partial charge in [0.2, 0.25) is 0 Å². The molecule has 4 N–H and O–H groups in total. The highest BCUT2D eigenvalue weighted by molar-refractivity contribution is 5.67. The molecule has 15 heavy (non-hydrogen) atoms. The molecule has 0 aromatic rings. The number of aliphatic hydroxyl groups is 2. The molecule has 0 saturated carbocycles. The van der Waals surface area contributed by atoms with Crippen LogP contribution in [0.25, 0.3) is 0 Å². The summed E-state index contributed by atoms with van der Waals surface area (Å²) >= 11 is 0. The predicted molar refractivity (Wildman–Crippen MR) is 52.5 cm³/mol. The molecule has 0 aliphatic heterocycles. The van der Waals surface area contributed by atoms with Gasteiger partial charge >= 0.3 is 11.9 Å². The Morgan fingerprint density at radius 1 is 1.07 bits per heavy atom. The number of carboxylic acid groups (broad SMARTS) is 2. The molecular formula is C9H18O6. The molecule has 90 valence electrons. The smallest absolute Gasteiger partial charge is 0.303 e. The fourth-order valence-electron chi connectivity index (χ4n) is 0.648. The summed E-state index contributed by atoms with van der Waals surface area (Å²) in [6.45, 7) is 1.29. The van der Waals surface area contributed by atoms with Crippen LogP contribution in [0.5, 0.6) is 0 Å². The largest absolute Gasteiger partial charge is 0.481 e. The lowest BCUT2D eigenvalue weighted by Gasteiger charge is -2.04. The van der Waals surface area contributed by atoms with Crippen molar-refractivity contribution in [2.24, 2.45) is 5.92 Å². The first-order chi connectivity index (χ1) is 6.97. The molecule has 0 spiro atoms. The highest BCUT2D eigenvalue weighted by Gasteiger charge is 2.09. The Balaban J connectivity index is 0. The van der Waals surface area contributed by atoms with Crippen LogP contribution in [0, 0.1) is 5.92 Å². The van der Waals surface area contributed by atoms with Gasteiger partial charge in [0.1, 0.15) is 0 Å². The zero-order valence-corrected chi connectivity index (χ0v) is 8.72. The first-order valence-corrected chi connectivity index (χ1v) is 4.63. The summed E-state index contributed by atoms with van der Waals surface area (Å²) < 4.78 is 0. The third kappa shape index (κ3) is 15.6. The zero-order valence-electron chi connectivity index (χ0n) is 8.72. The third-order valence-electron chi connectivity index (χ3n) is 1.44. The lowest BCUT2D eigenvalue weighted by Crippen LogP contribution is -2.15. The predicted octanol–water partition coefficient (Wildman–Crippen LogP) is -0.0670. The van der Waals surface area contributed by atoms with Crippen molar-refractivity contribution in [3.8, 4) is 0 Å². The van der Waals surface area contributed by atoms with Crippen molar-refractivity contribution in [3.05, 3.63) is 0 Å². The van der Waals surface area contributed by atoms with Crippen LogP contribution in [0.3, 0.4) is 0 Å². The van der Waals surface area contributed by atoms with Crippen LogP contribution in [0.15, 0.2) is 0 Å². The molecule has 0 aliphatic carbocycles. The summed E-state index contributed by atoms with van der Waals surface area (Å²) in [5, 5.41) is 32.7. The molecule has 0 rings (SSSR count). The van der Waals surface area contributed by atoms with Gasteiger partial charge in [-0.3, -0.25) is 9.59 Å². The number of aliphatic carboxylic acids is 2. The van der Waals surface area contributed by atoms with Gasteiger partial charge in [0.15, 0.2) is 0 Å². The summed E-state index contributed by atoms with van der Waals surface area (Å²) in [6.07, 6.45) is 0.850. The quantitative estimate of drug-likeness (QED) is 0.500. The monoisotopic (exact) mass is 222 g/mol. The molecule has 0 atom stereocenters. The van der Waals surface area contributed by atoms with Crippen LogP contribution in [0.4, 0.5) is 0 Å². The standard InChI is InChI=1S/C5H10O4.C4H8O2/c6-2-4(3-7)1-5(8)9;1-2-3-4(5)6/h4,6-7H,1-3H2,(H,8,9);2-3H2,1H3,(H,5,6). The lowest BCUT2D eigenvalue weighted by molar-refractivity contribution is -0.139. The first kappa shape index (κ1) is 16.3. The van der Waals surface area contributed by atoms with E-state index < -0.39 is 17.9 Å². The van der Waals surface area contributed by atoms with Gasteiger partial charge in [-0.1, -0.05) is 6.92 Å². The van der Waals surface area contributed by atoms with Crippen LogP contribution >= 0.6 is 0 Å². The topological polar surface area (TPSA) is 115 Å². The summed E-state index contributed by atoms with van der Waals surface area (Å²) in [6, 6.07) is 0. The molecule has 0 aliphatic rings. The van der Waals surface area contributed by atoms with Crippen molar-refractivity contribution in [2.45, 2.75) is 26.2 Å². The SMILES string of the molecule is CCCC(=O)O.O=C(O)CC(CO)CO. The minimum absolute atomic E-state index is 0.174. The number of rotatable bonds is 6. The van der Waals surface area contributed by atoms with Crippen molar-refractivity contribution < 1.29 is 30.0 Å². The minimum Gasteiger partial charge on any atom is -0.481 e. The molecule has 0 amide bonds. The van der Waals surface area contributed by atoms with Crippen LogP contribution in [-0.2, 0) is 9.59 Å². The Morgan fingerprint density at radius 3 is 1.60 bits per heavy atom. The number of hydrogen-bond acceptors (Lipinski definition) is 4. The number of carbonyl (C=O) groups is 2. The van der Waals surface area contributed by atoms with Crippen LogP contribution in [0.1, 0.15) is 26.2 Å². The number of aliphatic hydroxyl groups excluding tert-OH is 2.